The number of phenols is 1. The summed E-state index contributed by atoms with van der Waals surface area (Å²) in [7, 11) is -3.77. The maximum Gasteiger partial charge on any atom is 0.262 e. The number of anilines is 1. The van der Waals surface area contributed by atoms with Crippen molar-refractivity contribution in [2.45, 2.75) is 25.7 Å². The first-order valence-corrected chi connectivity index (χ1v) is 10.3. The molecule has 0 saturated carbocycles. The van der Waals surface area contributed by atoms with Gasteiger partial charge in [0.05, 0.1) is 16.3 Å². The summed E-state index contributed by atoms with van der Waals surface area (Å²) in [5.41, 5.74) is 4.13. The number of sulfonamides is 1. The summed E-state index contributed by atoms with van der Waals surface area (Å²) in [6.45, 7) is 5.57. The molecule has 0 aliphatic heterocycles. The molecule has 6 heteroatoms. The van der Waals surface area contributed by atoms with Gasteiger partial charge in [0.25, 0.3) is 10.0 Å². The summed E-state index contributed by atoms with van der Waals surface area (Å²) < 4.78 is 28.5. The Kier molecular flexibility index (Phi) is 5.51. The molecule has 3 aromatic rings. The number of nitrogens with zero attached hydrogens (tertiary/aromatic N) is 1. The molecule has 0 saturated heterocycles. The third-order valence-electron chi connectivity index (χ3n) is 4.38. The van der Waals surface area contributed by atoms with E-state index < -0.39 is 10.0 Å². The van der Waals surface area contributed by atoms with Crippen LogP contribution < -0.4 is 4.72 Å². The maximum absolute atomic E-state index is 12.9. The molecule has 0 unspecified atom stereocenters. The van der Waals surface area contributed by atoms with Crippen molar-refractivity contribution >= 4 is 27.6 Å². The lowest BCUT2D eigenvalue weighted by Crippen LogP contribution is -2.15. The lowest BCUT2D eigenvalue weighted by Gasteiger charge is -2.13. The molecule has 0 aromatic heterocycles. The minimum Gasteiger partial charge on any atom is -0.507 e. The van der Waals surface area contributed by atoms with Crippen molar-refractivity contribution in [2.24, 2.45) is 4.99 Å². The van der Waals surface area contributed by atoms with Gasteiger partial charge in [0.1, 0.15) is 5.75 Å². The van der Waals surface area contributed by atoms with Crippen LogP contribution in [0.4, 0.5) is 11.4 Å². The highest BCUT2D eigenvalue weighted by atomic mass is 32.2. The van der Waals surface area contributed by atoms with Gasteiger partial charge >= 0.3 is 0 Å². The number of benzene rings is 3. The first-order valence-electron chi connectivity index (χ1n) is 8.79. The molecular weight excluding hydrogens is 372 g/mol. The second-order valence-corrected chi connectivity index (χ2v) is 8.34. The van der Waals surface area contributed by atoms with Crippen molar-refractivity contribution in [2.75, 3.05) is 4.72 Å². The number of hydrogen-bond acceptors (Lipinski definition) is 4. The van der Waals surface area contributed by atoms with Gasteiger partial charge < -0.3 is 5.11 Å². The van der Waals surface area contributed by atoms with Crippen molar-refractivity contribution in [3.63, 3.8) is 0 Å². The van der Waals surface area contributed by atoms with Gasteiger partial charge in [-0.2, -0.15) is 0 Å². The molecule has 28 heavy (non-hydrogen) atoms. The van der Waals surface area contributed by atoms with Crippen LogP contribution in [-0.4, -0.2) is 19.7 Å². The number of aryl methyl sites for hydroxylation is 3. The van der Waals surface area contributed by atoms with Crippen LogP contribution in [0, 0.1) is 20.8 Å². The van der Waals surface area contributed by atoms with Crippen molar-refractivity contribution < 1.29 is 13.5 Å². The third kappa shape index (κ3) is 4.40. The van der Waals surface area contributed by atoms with Crippen LogP contribution in [0.3, 0.4) is 0 Å². The number of phenolic OH excluding ortho intramolecular Hbond substituents is 1. The van der Waals surface area contributed by atoms with Crippen molar-refractivity contribution in [1.82, 2.24) is 0 Å². The van der Waals surface area contributed by atoms with Crippen molar-refractivity contribution in [3.05, 3.63) is 82.9 Å². The minimum atomic E-state index is -3.77. The molecule has 0 radical (unpaired) electrons. The van der Waals surface area contributed by atoms with Gasteiger partial charge in [0.2, 0.25) is 0 Å². The molecule has 3 aromatic carbocycles. The number of hydrogen-bond donors (Lipinski definition) is 2. The zero-order valence-corrected chi connectivity index (χ0v) is 16.8. The van der Waals surface area contributed by atoms with E-state index in [2.05, 4.69) is 9.71 Å². The van der Waals surface area contributed by atoms with Crippen LogP contribution in [0.5, 0.6) is 5.75 Å². The third-order valence-corrected chi connectivity index (χ3v) is 5.88. The van der Waals surface area contributed by atoms with E-state index in [1.165, 1.54) is 12.3 Å². The molecular formula is C22H22N2O3S. The van der Waals surface area contributed by atoms with Crippen LogP contribution in [0.1, 0.15) is 22.3 Å². The van der Waals surface area contributed by atoms with E-state index in [4.69, 9.17) is 0 Å². The molecule has 144 valence electrons. The van der Waals surface area contributed by atoms with Gasteiger partial charge in [-0.25, -0.2) is 8.42 Å². The average Bonchev–Trinajstić information content (AvgIpc) is 2.64. The Hall–Kier alpha value is -3.12. The van der Waals surface area contributed by atoms with Crippen LogP contribution >= 0.6 is 0 Å². The summed E-state index contributed by atoms with van der Waals surface area (Å²) in [5, 5.41) is 9.83. The maximum atomic E-state index is 12.9. The Bertz CT molecular complexity index is 1150. The molecule has 0 atom stereocenters. The first kappa shape index (κ1) is 19.6. The van der Waals surface area contributed by atoms with Crippen LogP contribution in [0.15, 0.2) is 70.6 Å². The van der Waals surface area contributed by atoms with E-state index >= 15 is 0 Å². The summed E-state index contributed by atoms with van der Waals surface area (Å²) in [6.07, 6.45) is 1.51. The Morgan fingerprint density at radius 1 is 0.929 bits per heavy atom. The van der Waals surface area contributed by atoms with E-state index in [0.29, 0.717) is 22.5 Å². The first-order chi connectivity index (χ1) is 13.3. The topological polar surface area (TPSA) is 78.8 Å². The molecule has 2 N–H and O–H groups in total. The summed E-state index contributed by atoms with van der Waals surface area (Å²) in [4.78, 5) is 4.48. The number of rotatable bonds is 5. The van der Waals surface area contributed by atoms with Gasteiger partial charge in [0.15, 0.2) is 0 Å². The highest BCUT2D eigenvalue weighted by molar-refractivity contribution is 7.92. The molecule has 0 aliphatic carbocycles. The molecule has 0 bridgehead atoms. The van der Waals surface area contributed by atoms with Gasteiger partial charge in [0, 0.05) is 11.8 Å². The van der Waals surface area contributed by atoms with Crippen molar-refractivity contribution in [1.29, 1.82) is 0 Å². The Morgan fingerprint density at radius 3 is 2.39 bits per heavy atom. The molecule has 0 fully saturated rings. The van der Waals surface area contributed by atoms with Gasteiger partial charge in [-0.1, -0.05) is 35.9 Å². The minimum absolute atomic E-state index is 0.114. The second-order valence-electron chi connectivity index (χ2n) is 6.69. The van der Waals surface area contributed by atoms with Gasteiger partial charge in [-0.05, 0) is 62.2 Å². The predicted molar refractivity (Wildman–Crippen MR) is 113 cm³/mol. The van der Waals surface area contributed by atoms with Crippen LogP contribution in [0.2, 0.25) is 0 Å². The molecule has 5 nitrogen and oxygen atoms in total. The molecule has 0 heterocycles. The largest absolute Gasteiger partial charge is 0.507 e. The monoisotopic (exact) mass is 394 g/mol. The summed E-state index contributed by atoms with van der Waals surface area (Å²) >= 11 is 0. The lowest BCUT2D eigenvalue weighted by atomic mass is 10.1. The van der Waals surface area contributed by atoms with Crippen molar-refractivity contribution in [3.8, 4) is 5.75 Å². The van der Waals surface area contributed by atoms with Gasteiger partial charge in [-0.15, -0.1) is 0 Å². The Labute approximate surface area is 165 Å². The smallest absolute Gasteiger partial charge is 0.262 e. The van der Waals surface area contributed by atoms with E-state index in [1.807, 2.05) is 26.0 Å². The number of aliphatic imine (C=N–C) groups is 1. The zero-order valence-electron chi connectivity index (χ0n) is 16.0. The molecule has 3 rings (SSSR count). The van der Waals surface area contributed by atoms with E-state index in [0.717, 1.165) is 11.1 Å². The quantitative estimate of drug-likeness (QED) is 0.606. The molecule has 0 spiro atoms. The molecule has 0 amide bonds. The van der Waals surface area contributed by atoms with Gasteiger partial charge in [-0.3, -0.25) is 9.71 Å². The summed E-state index contributed by atoms with van der Waals surface area (Å²) in [6, 6.07) is 17.3. The van der Waals surface area contributed by atoms with Crippen LogP contribution in [-0.2, 0) is 10.0 Å². The van der Waals surface area contributed by atoms with E-state index in [1.54, 1.807) is 49.4 Å². The fourth-order valence-electron chi connectivity index (χ4n) is 2.83. The second kappa shape index (κ2) is 7.86. The molecule has 0 aliphatic rings. The fourth-order valence-corrected chi connectivity index (χ4v) is 4.22. The average molecular weight is 394 g/mol. The standard InChI is InChI=1S/C22H22N2O3S/c1-15-8-11-20(17(3)12-15)24-28(26,27)22-13-19(10-9-16(22)2)23-14-18-6-4-5-7-21(18)25/h4-14,24-25H,1-3H3. The highest BCUT2D eigenvalue weighted by Crippen LogP contribution is 2.26. The lowest BCUT2D eigenvalue weighted by molar-refractivity contribution is 0.474. The highest BCUT2D eigenvalue weighted by Gasteiger charge is 2.18. The van der Waals surface area contributed by atoms with E-state index in [-0.39, 0.29) is 10.6 Å². The Balaban J connectivity index is 1.93. The zero-order chi connectivity index (χ0) is 20.3. The number of nitrogens with one attached hydrogen (secondary N) is 1. The van der Waals surface area contributed by atoms with Crippen LogP contribution in [0.25, 0.3) is 0 Å². The SMILES string of the molecule is Cc1ccc(NS(=O)(=O)c2cc(N=Cc3ccccc3O)ccc2C)c(C)c1. The fraction of sp³-hybridized carbons (Fsp3) is 0.136. The number of para-hydroxylation sites is 1. The summed E-state index contributed by atoms with van der Waals surface area (Å²) in [5.74, 6) is 0.114. The number of aromatic hydroxyl groups is 1. The Morgan fingerprint density at radius 2 is 1.68 bits per heavy atom. The predicted octanol–water partition coefficient (Wildman–Crippen LogP) is 4.87. The normalized spacial score (nSPS) is 11.7. The van der Waals surface area contributed by atoms with E-state index in [9.17, 15) is 13.5 Å².